The Labute approximate surface area is 151 Å². The van der Waals surface area contributed by atoms with Gasteiger partial charge in [-0.1, -0.05) is 41.5 Å². The Morgan fingerprint density at radius 2 is 1.20 bits per heavy atom. The predicted molar refractivity (Wildman–Crippen MR) is 108 cm³/mol. The molecule has 0 aliphatic rings. The first-order chi connectivity index (χ1) is 11.8. The fourth-order valence-corrected chi connectivity index (χ4v) is 3.73. The van der Waals surface area contributed by atoms with E-state index in [1.807, 2.05) is 6.07 Å². The molecule has 1 N–H and O–H groups in total. The molecular weight excluding hydrogens is 304 g/mol. The van der Waals surface area contributed by atoms with Gasteiger partial charge in [-0.25, -0.2) is 4.98 Å². The number of pyridine rings is 1. The smallest absolute Gasteiger partial charge is 0.131 e. The Kier molecular flexibility index (Phi) is 4.63. The molecule has 0 aliphatic heterocycles. The molecule has 0 aliphatic carbocycles. The average molecular weight is 330 g/mol. The number of rotatable bonds is 3. The number of benzene rings is 2. The van der Waals surface area contributed by atoms with E-state index in [2.05, 4.69) is 83.3 Å². The molecule has 3 aromatic rings. The second kappa shape index (κ2) is 6.72. The molecule has 0 saturated heterocycles. The van der Waals surface area contributed by atoms with Crippen molar-refractivity contribution in [2.45, 2.75) is 41.5 Å². The van der Waals surface area contributed by atoms with Crippen molar-refractivity contribution in [3.05, 3.63) is 75.8 Å². The topological polar surface area (TPSA) is 24.9 Å². The lowest BCUT2D eigenvalue weighted by molar-refractivity contribution is 1.24. The summed E-state index contributed by atoms with van der Waals surface area (Å²) < 4.78 is 0. The van der Waals surface area contributed by atoms with Gasteiger partial charge in [-0.3, -0.25) is 0 Å². The van der Waals surface area contributed by atoms with Gasteiger partial charge in [-0.2, -0.15) is 0 Å². The lowest BCUT2D eigenvalue weighted by atomic mass is 9.97. The Morgan fingerprint density at radius 3 is 1.76 bits per heavy atom. The van der Waals surface area contributed by atoms with Crippen LogP contribution < -0.4 is 5.32 Å². The van der Waals surface area contributed by atoms with Crippen LogP contribution in [0.25, 0.3) is 11.3 Å². The van der Waals surface area contributed by atoms with E-state index in [0.29, 0.717) is 0 Å². The first-order valence-corrected chi connectivity index (χ1v) is 8.75. The summed E-state index contributed by atoms with van der Waals surface area (Å²) in [6, 6.07) is 15.0. The van der Waals surface area contributed by atoms with Gasteiger partial charge in [0.2, 0.25) is 0 Å². The van der Waals surface area contributed by atoms with Crippen molar-refractivity contribution in [2.24, 2.45) is 0 Å². The Hall–Kier alpha value is -2.61. The lowest BCUT2D eigenvalue weighted by Crippen LogP contribution is -2.00. The van der Waals surface area contributed by atoms with E-state index in [1.165, 1.54) is 38.9 Å². The van der Waals surface area contributed by atoms with E-state index < -0.39 is 0 Å². The number of hydrogen-bond donors (Lipinski definition) is 1. The van der Waals surface area contributed by atoms with Crippen LogP contribution in [-0.2, 0) is 0 Å². The molecule has 0 saturated carbocycles. The van der Waals surface area contributed by atoms with Crippen molar-refractivity contribution in [3.63, 3.8) is 0 Å². The van der Waals surface area contributed by atoms with Gasteiger partial charge < -0.3 is 5.32 Å². The van der Waals surface area contributed by atoms with Crippen LogP contribution >= 0.6 is 0 Å². The van der Waals surface area contributed by atoms with E-state index >= 15 is 0 Å². The van der Waals surface area contributed by atoms with E-state index in [0.717, 1.165) is 17.2 Å². The summed E-state index contributed by atoms with van der Waals surface area (Å²) in [5.74, 6) is 0.881. The van der Waals surface area contributed by atoms with Crippen LogP contribution in [0.5, 0.6) is 0 Å². The molecule has 0 fully saturated rings. The highest BCUT2D eigenvalue weighted by atomic mass is 15.0. The summed E-state index contributed by atoms with van der Waals surface area (Å²) in [4.78, 5) is 4.88. The molecule has 2 aromatic carbocycles. The van der Waals surface area contributed by atoms with Gasteiger partial charge in [-0.05, 0) is 75.9 Å². The molecule has 0 bridgehead atoms. The zero-order chi connectivity index (χ0) is 18.1. The van der Waals surface area contributed by atoms with Crippen molar-refractivity contribution in [2.75, 3.05) is 5.32 Å². The average Bonchev–Trinajstić information content (AvgIpc) is 2.50. The molecule has 25 heavy (non-hydrogen) atoms. The maximum absolute atomic E-state index is 4.88. The van der Waals surface area contributed by atoms with Crippen LogP contribution in [0, 0.1) is 41.5 Å². The summed E-state index contributed by atoms with van der Waals surface area (Å²) in [6.07, 6.45) is 0. The zero-order valence-corrected chi connectivity index (χ0v) is 16.0. The third-order valence-corrected chi connectivity index (χ3v) is 4.61. The monoisotopic (exact) mass is 330 g/mol. The summed E-state index contributed by atoms with van der Waals surface area (Å²) in [5.41, 5.74) is 11.0. The van der Waals surface area contributed by atoms with E-state index in [4.69, 9.17) is 4.98 Å². The van der Waals surface area contributed by atoms with Crippen molar-refractivity contribution >= 4 is 11.5 Å². The van der Waals surface area contributed by atoms with E-state index in [-0.39, 0.29) is 0 Å². The summed E-state index contributed by atoms with van der Waals surface area (Å²) >= 11 is 0. The molecule has 1 aromatic heterocycles. The predicted octanol–water partition coefficient (Wildman–Crippen LogP) is 6.34. The van der Waals surface area contributed by atoms with Gasteiger partial charge in [0.25, 0.3) is 0 Å². The molecule has 2 heteroatoms. The molecule has 0 amide bonds. The maximum atomic E-state index is 4.88. The molecule has 128 valence electrons. The van der Waals surface area contributed by atoms with Gasteiger partial charge in [0, 0.05) is 11.3 Å². The van der Waals surface area contributed by atoms with Gasteiger partial charge in [-0.15, -0.1) is 0 Å². The maximum Gasteiger partial charge on any atom is 0.131 e. The standard InChI is InChI=1S/C23H26N2/c1-14-10-16(3)22(17(4)11-14)20-8-7-9-21(24-20)25-23-18(5)12-15(2)13-19(23)6/h7-13H,1-6H3,(H,24,25). The van der Waals surface area contributed by atoms with Crippen LogP contribution in [0.2, 0.25) is 0 Å². The Bertz CT molecular complexity index is 893. The largest absolute Gasteiger partial charge is 0.340 e. The third kappa shape index (κ3) is 3.58. The lowest BCUT2D eigenvalue weighted by Gasteiger charge is -2.15. The first-order valence-electron chi connectivity index (χ1n) is 8.75. The SMILES string of the molecule is Cc1cc(C)c(Nc2cccc(-c3c(C)cc(C)cc3C)n2)c(C)c1. The number of nitrogens with one attached hydrogen (secondary N) is 1. The van der Waals surface area contributed by atoms with E-state index in [1.54, 1.807) is 0 Å². The minimum Gasteiger partial charge on any atom is -0.340 e. The van der Waals surface area contributed by atoms with Gasteiger partial charge in [0.1, 0.15) is 5.82 Å². The fraction of sp³-hybridized carbons (Fsp3) is 0.261. The fourth-order valence-electron chi connectivity index (χ4n) is 3.73. The number of nitrogens with zero attached hydrogens (tertiary/aromatic N) is 1. The first kappa shape index (κ1) is 17.2. The zero-order valence-electron chi connectivity index (χ0n) is 16.0. The normalized spacial score (nSPS) is 10.8. The third-order valence-electron chi connectivity index (χ3n) is 4.61. The highest BCUT2D eigenvalue weighted by Crippen LogP contribution is 2.30. The minimum atomic E-state index is 0.881. The van der Waals surface area contributed by atoms with E-state index in [9.17, 15) is 0 Å². The highest BCUT2D eigenvalue weighted by molar-refractivity contribution is 5.71. The quantitative estimate of drug-likeness (QED) is 0.606. The van der Waals surface area contributed by atoms with Crippen LogP contribution in [0.15, 0.2) is 42.5 Å². The van der Waals surface area contributed by atoms with Crippen molar-refractivity contribution in [1.29, 1.82) is 0 Å². The summed E-state index contributed by atoms with van der Waals surface area (Å²) in [5, 5.41) is 3.52. The number of anilines is 2. The Morgan fingerprint density at radius 1 is 0.680 bits per heavy atom. The second-order valence-electron chi connectivity index (χ2n) is 7.08. The van der Waals surface area contributed by atoms with Gasteiger partial charge >= 0.3 is 0 Å². The van der Waals surface area contributed by atoms with Crippen LogP contribution in [0.1, 0.15) is 33.4 Å². The van der Waals surface area contributed by atoms with Crippen molar-refractivity contribution < 1.29 is 0 Å². The highest BCUT2D eigenvalue weighted by Gasteiger charge is 2.10. The van der Waals surface area contributed by atoms with Crippen LogP contribution in [-0.4, -0.2) is 4.98 Å². The van der Waals surface area contributed by atoms with Gasteiger partial charge in [0.05, 0.1) is 5.69 Å². The minimum absolute atomic E-state index is 0.881. The molecule has 0 radical (unpaired) electrons. The van der Waals surface area contributed by atoms with Crippen LogP contribution in [0.3, 0.4) is 0 Å². The number of aromatic nitrogens is 1. The molecule has 0 spiro atoms. The molecular formula is C23H26N2. The van der Waals surface area contributed by atoms with Crippen LogP contribution in [0.4, 0.5) is 11.5 Å². The molecule has 0 unspecified atom stereocenters. The van der Waals surface area contributed by atoms with Crippen molar-refractivity contribution in [1.82, 2.24) is 4.98 Å². The molecule has 2 nitrogen and oxygen atoms in total. The molecule has 1 heterocycles. The summed E-state index contributed by atoms with van der Waals surface area (Å²) in [6.45, 7) is 12.9. The second-order valence-corrected chi connectivity index (χ2v) is 7.08. The number of hydrogen-bond acceptors (Lipinski definition) is 2. The molecule has 3 rings (SSSR count). The molecule has 0 atom stereocenters. The Balaban J connectivity index is 2.01. The van der Waals surface area contributed by atoms with Gasteiger partial charge in [0.15, 0.2) is 0 Å². The van der Waals surface area contributed by atoms with Crippen molar-refractivity contribution in [3.8, 4) is 11.3 Å². The number of aryl methyl sites for hydroxylation is 6. The summed E-state index contributed by atoms with van der Waals surface area (Å²) in [7, 11) is 0.